The minimum absolute atomic E-state index is 0.0479. The van der Waals surface area contributed by atoms with Crippen LogP contribution in [-0.4, -0.2) is 25.7 Å². The molecular formula is C10H13ClN2O5S. The van der Waals surface area contributed by atoms with E-state index in [1.807, 2.05) is 4.72 Å². The Morgan fingerprint density at radius 1 is 1.42 bits per heavy atom. The van der Waals surface area contributed by atoms with Crippen molar-refractivity contribution in [1.82, 2.24) is 4.72 Å². The van der Waals surface area contributed by atoms with Crippen molar-refractivity contribution in [2.24, 2.45) is 0 Å². The van der Waals surface area contributed by atoms with Crippen LogP contribution >= 0.6 is 11.6 Å². The second-order valence-electron chi connectivity index (χ2n) is 3.83. The number of anilines is 1. The Morgan fingerprint density at radius 3 is 2.58 bits per heavy atom. The van der Waals surface area contributed by atoms with E-state index in [-0.39, 0.29) is 16.5 Å². The molecule has 0 radical (unpaired) electrons. The van der Waals surface area contributed by atoms with Crippen molar-refractivity contribution in [3.05, 3.63) is 23.2 Å². The number of hydrogen-bond donors (Lipinski definition) is 3. The second kappa shape index (κ2) is 5.98. The Hall–Kier alpha value is -1.67. The van der Waals surface area contributed by atoms with Crippen LogP contribution in [0, 0.1) is 0 Å². The third kappa shape index (κ3) is 5.23. The Labute approximate surface area is 115 Å². The Kier molecular flexibility index (Phi) is 4.84. The molecule has 1 aromatic rings. The van der Waals surface area contributed by atoms with Crippen molar-refractivity contribution in [1.29, 1.82) is 0 Å². The molecule has 0 spiro atoms. The lowest BCUT2D eigenvalue weighted by atomic mass is 10.3. The first-order valence-corrected chi connectivity index (χ1v) is 7.05. The number of phenolic OH excluding ortho intramolecular Hbond substituents is 1. The largest absolute Gasteiger partial charge is 0.506 e. The van der Waals surface area contributed by atoms with Crippen molar-refractivity contribution in [3.63, 3.8) is 0 Å². The van der Waals surface area contributed by atoms with Gasteiger partial charge < -0.3 is 9.84 Å². The molecule has 0 unspecified atom stereocenters. The van der Waals surface area contributed by atoms with Crippen molar-refractivity contribution in [2.75, 3.05) is 4.72 Å². The molecule has 19 heavy (non-hydrogen) atoms. The number of hydrogen-bond acceptors (Lipinski definition) is 5. The third-order valence-corrected chi connectivity index (χ3v) is 3.02. The molecule has 0 heterocycles. The molecule has 1 aromatic carbocycles. The first-order chi connectivity index (χ1) is 8.69. The highest BCUT2D eigenvalue weighted by Crippen LogP contribution is 2.26. The van der Waals surface area contributed by atoms with Crippen molar-refractivity contribution in [2.45, 2.75) is 20.0 Å². The van der Waals surface area contributed by atoms with Gasteiger partial charge in [0.15, 0.2) is 0 Å². The number of phenols is 1. The zero-order chi connectivity index (χ0) is 14.6. The average Bonchev–Trinajstić information content (AvgIpc) is 2.20. The van der Waals surface area contributed by atoms with Gasteiger partial charge in [0.1, 0.15) is 5.75 Å². The fraction of sp³-hybridized carbons (Fsp3) is 0.300. The number of halogens is 1. The molecule has 0 saturated heterocycles. The summed E-state index contributed by atoms with van der Waals surface area (Å²) >= 11 is 5.58. The number of nitrogens with one attached hydrogen (secondary N) is 2. The van der Waals surface area contributed by atoms with E-state index >= 15 is 0 Å². The van der Waals surface area contributed by atoms with Crippen LogP contribution < -0.4 is 9.44 Å². The van der Waals surface area contributed by atoms with Crippen LogP contribution in [0.3, 0.4) is 0 Å². The maximum atomic E-state index is 11.6. The maximum absolute atomic E-state index is 11.6. The van der Waals surface area contributed by atoms with E-state index in [1.54, 1.807) is 18.6 Å². The van der Waals surface area contributed by atoms with E-state index < -0.39 is 22.4 Å². The van der Waals surface area contributed by atoms with Crippen LogP contribution in [0.5, 0.6) is 5.75 Å². The number of amides is 1. The molecule has 0 aliphatic rings. The van der Waals surface area contributed by atoms with Crippen LogP contribution in [0.4, 0.5) is 10.5 Å². The number of carbonyl (C=O) groups is 1. The quantitative estimate of drug-likeness (QED) is 0.787. The van der Waals surface area contributed by atoms with Gasteiger partial charge in [-0.15, -0.1) is 0 Å². The van der Waals surface area contributed by atoms with Gasteiger partial charge in [0.25, 0.3) is 0 Å². The summed E-state index contributed by atoms with van der Waals surface area (Å²) in [6.07, 6.45) is -1.55. The predicted octanol–water partition coefficient (Wildman–Crippen LogP) is 1.84. The van der Waals surface area contributed by atoms with Gasteiger partial charge in [-0.2, -0.15) is 8.42 Å². The lowest BCUT2D eigenvalue weighted by Crippen LogP contribution is -2.36. The van der Waals surface area contributed by atoms with Crippen LogP contribution in [0.1, 0.15) is 13.8 Å². The molecule has 0 aromatic heterocycles. The van der Waals surface area contributed by atoms with E-state index in [0.29, 0.717) is 0 Å². The minimum atomic E-state index is -4.14. The SMILES string of the molecule is CC(C)OC(=O)NS(=O)(=O)Nc1ccc(Cl)c(O)c1. The van der Waals surface area contributed by atoms with Crippen LogP contribution in [0.25, 0.3) is 0 Å². The standard InChI is InChI=1S/C10H13ClN2O5S/c1-6(2)18-10(15)13-19(16,17)12-7-3-4-8(11)9(14)5-7/h3-6,12,14H,1-2H3,(H,13,15). The summed E-state index contributed by atoms with van der Waals surface area (Å²) in [5.74, 6) is -0.286. The zero-order valence-electron chi connectivity index (χ0n) is 10.2. The molecule has 1 rings (SSSR count). The summed E-state index contributed by atoms with van der Waals surface area (Å²) in [7, 11) is -4.14. The molecule has 0 fully saturated rings. The normalized spacial score (nSPS) is 11.2. The minimum Gasteiger partial charge on any atom is -0.506 e. The van der Waals surface area contributed by atoms with Gasteiger partial charge in [-0.25, -0.2) is 9.52 Å². The van der Waals surface area contributed by atoms with Crippen LogP contribution in [-0.2, 0) is 14.9 Å². The van der Waals surface area contributed by atoms with Crippen molar-refractivity contribution < 1.29 is 23.1 Å². The van der Waals surface area contributed by atoms with E-state index in [1.165, 1.54) is 12.1 Å². The highest BCUT2D eigenvalue weighted by atomic mass is 35.5. The van der Waals surface area contributed by atoms with Gasteiger partial charge in [-0.05, 0) is 26.0 Å². The first-order valence-electron chi connectivity index (χ1n) is 5.19. The molecule has 1 amide bonds. The summed E-state index contributed by atoms with van der Waals surface area (Å²) in [5, 5.41) is 9.40. The Bertz CT molecular complexity index is 573. The fourth-order valence-electron chi connectivity index (χ4n) is 1.10. The van der Waals surface area contributed by atoms with Crippen LogP contribution in [0.15, 0.2) is 18.2 Å². The van der Waals surface area contributed by atoms with E-state index in [4.69, 9.17) is 11.6 Å². The van der Waals surface area contributed by atoms with Crippen LogP contribution in [0.2, 0.25) is 5.02 Å². The second-order valence-corrected chi connectivity index (χ2v) is 5.65. The van der Waals surface area contributed by atoms with Crippen molar-refractivity contribution >= 4 is 33.6 Å². The molecule has 0 aliphatic heterocycles. The third-order valence-electron chi connectivity index (χ3n) is 1.76. The molecule has 0 bridgehead atoms. The van der Waals surface area contributed by atoms with Gasteiger partial charge >= 0.3 is 16.3 Å². The molecular weight excluding hydrogens is 296 g/mol. The zero-order valence-corrected chi connectivity index (χ0v) is 11.7. The summed E-state index contributed by atoms with van der Waals surface area (Å²) in [5.41, 5.74) is 0.0479. The first kappa shape index (κ1) is 15.4. The summed E-state index contributed by atoms with van der Waals surface area (Å²) in [6, 6.07) is 3.74. The number of aromatic hydroxyl groups is 1. The van der Waals surface area contributed by atoms with Gasteiger partial charge in [-0.1, -0.05) is 11.6 Å². The van der Waals surface area contributed by atoms with E-state index in [2.05, 4.69) is 4.74 Å². The lowest BCUT2D eigenvalue weighted by Gasteiger charge is -2.11. The molecule has 0 saturated carbocycles. The molecule has 9 heteroatoms. The highest BCUT2D eigenvalue weighted by Gasteiger charge is 2.16. The predicted molar refractivity (Wildman–Crippen MR) is 70.4 cm³/mol. The van der Waals surface area contributed by atoms with Gasteiger partial charge in [0, 0.05) is 6.07 Å². The molecule has 7 nitrogen and oxygen atoms in total. The summed E-state index contributed by atoms with van der Waals surface area (Å²) < 4.78 is 31.4. The maximum Gasteiger partial charge on any atom is 0.422 e. The van der Waals surface area contributed by atoms with E-state index in [9.17, 15) is 18.3 Å². The molecule has 0 atom stereocenters. The number of carbonyl (C=O) groups excluding carboxylic acids is 1. The lowest BCUT2D eigenvalue weighted by molar-refractivity contribution is 0.121. The molecule has 0 aliphatic carbocycles. The Balaban J connectivity index is 2.74. The van der Waals surface area contributed by atoms with Gasteiger partial charge in [0.2, 0.25) is 0 Å². The summed E-state index contributed by atoms with van der Waals surface area (Å²) in [4.78, 5) is 11.2. The van der Waals surface area contributed by atoms with Gasteiger partial charge in [-0.3, -0.25) is 4.72 Å². The number of rotatable bonds is 4. The number of benzene rings is 1. The molecule has 106 valence electrons. The molecule has 3 N–H and O–H groups in total. The Morgan fingerprint density at radius 2 is 2.05 bits per heavy atom. The number of ether oxygens (including phenoxy) is 1. The van der Waals surface area contributed by atoms with E-state index in [0.717, 1.165) is 6.07 Å². The average molecular weight is 309 g/mol. The fourth-order valence-corrected chi connectivity index (χ4v) is 1.98. The summed E-state index contributed by atoms with van der Waals surface area (Å²) in [6.45, 7) is 3.16. The monoisotopic (exact) mass is 308 g/mol. The smallest absolute Gasteiger partial charge is 0.422 e. The highest BCUT2D eigenvalue weighted by molar-refractivity contribution is 7.91. The van der Waals surface area contributed by atoms with Gasteiger partial charge in [0.05, 0.1) is 16.8 Å². The topological polar surface area (TPSA) is 105 Å². The van der Waals surface area contributed by atoms with Crippen molar-refractivity contribution in [3.8, 4) is 5.75 Å².